The normalized spacial score (nSPS) is 23.2. The number of hydrogen-bond acceptors (Lipinski definition) is 7. The minimum absolute atomic E-state index is 0.0592. The van der Waals surface area contributed by atoms with Crippen LogP contribution in [0, 0.1) is 5.92 Å². The van der Waals surface area contributed by atoms with Crippen molar-refractivity contribution in [3.63, 3.8) is 0 Å². The van der Waals surface area contributed by atoms with Crippen molar-refractivity contribution >= 4 is 22.2 Å². The van der Waals surface area contributed by atoms with Crippen LogP contribution in [0.15, 0.2) is 59.3 Å². The van der Waals surface area contributed by atoms with E-state index >= 15 is 0 Å². The topological polar surface area (TPSA) is 70.8 Å². The number of nitrogens with zero attached hydrogens (tertiary/aromatic N) is 4. The monoisotopic (exact) mass is 418 g/mol. The summed E-state index contributed by atoms with van der Waals surface area (Å²) in [5.41, 5.74) is -1.52. The molecule has 148 valence electrons. The predicted molar refractivity (Wildman–Crippen MR) is 101 cm³/mol. The molecule has 0 radical (unpaired) electrons. The number of benzene rings is 1. The fourth-order valence-electron chi connectivity index (χ4n) is 3.53. The third-order valence-electron chi connectivity index (χ3n) is 4.98. The molecule has 1 N–H and O–H groups in total. The first kappa shape index (κ1) is 18.1. The van der Waals surface area contributed by atoms with Crippen LogP contribution in [-0.4, -0.2) is 39.3 Å². The molecule has 0 fully saturated rings. The Bertz CT molecular complexity index is 1100. The van der Waals surface area contributed by atoms with Crippen molar-refractivity contribution in [3.8, 4) is 17.0 Å². The van der Waals surface area contributed by atoms with Gasteiger partial charge in [-0.2, -0.15) is 23.3 Å². The summed E-state index contributed by atoms with van der Waals surface area (Å²) in [5, 5.41) is 17.2. The highest BCUT2D eigenvalue weighted by Gasteiger charge is 2.69. The van der Waals surface area contributed by atoms with E-state index in [9.17, 15) is 18.3 Å². The molecule has 0 aliphatic carbocycles. The highest BCUT2D eigenvalue weighted by Crippen LogP contribution is 2.50. The molecule has 29 heavy (non-hydrogen) atoms. The van der Waals surface area contributed by atoms with Gasteiger partial charge in [-0.25, -0.2) is 4.98 Å². The predicted octanol–water partition coefficient (Wildman–Crippen LogP) is 3.69. The molecule has 0 saturated heterocycles. The van der Waals surface area contributed by atoms with Gasteiger partial charge in [-0.1, -0.05) is 12.1 Å². The Kier molecular flexibility index (Phi) is 3.90. The number of aromatic nitrogens is 2. The van der Waals surface area contributed by atoms with E-state index < -0.39 is 17.8 Å². The first-order valence-corrected chi connectivity index (χ1v) is 9.53. The third-order valence-corrected chi connectivity index (χ3v) is 5.80. The van der Waals surface area contributed by atoms with E-state index in [0.29, 0.717) is 27.6 Å². The summed E-state index contributed by atoms with van der Waals surface area (Å²) >= 11 is 0.973. The maximum Gasteiger partial charge on any atom is 0.439 e. The fraction of sp³-hybridized carbons (Fsp3) is 0.211. The smallest absolute Gasteiger partial charge is 0.439 e. The lowest BCUT2D eigenvalue weighted by Gasteiger charge is -2.38. The third kappa shape index (κ3) is 2.63. The highest BCUT2D eigenvalue weighted by molar-refractivity contribution is 7.14. The lowest BCUT2D eigenvalue weighted by atomic mass is 9.86. The number of ether oxygens (including phenoxy) is 1. The molecule has 1 aromatic carbocycles. The van der Waals surface area contributed by atoms with Gasteiger partial charge in [0, 0.05) is 28.9 Å². The standard InChI is InChI=1S/C19H13F3N4O2S/c20-19(21,22)18(27)13-9-28-15-4-2-1-3-12(15)16(13)25-26(18)17-24-14(10-29-17)11-5-7-23-8-6-11/h1-8,10,13,27H,9H2/t13-,18+/m1/s1. The number of fused-ring (bicyclic) bond motifs is 3. The summed E-state index contributed by atoms with van der Waals surface area (Å²) in [6.45, 7) is -0.342. The Hall–Kier alpha value is -2.98. The molecule has 0 bridgehead atoms. The van der Waals surface area contributed by atoms with Gasteiger partial charge < -0.3 is 9.84 Å². The first-order chi connectivity index (χ1) is 13.9. The van der Waals surface area contributed by atoms with E-state index in [4.69, 9.17) is 4.74 Å². The van der Waals surface area contributed by atoms with E-state index in [1.165, 1.54) is 0 Å². The summed E-state index contributed by atoms with van der Waals surface area (Å²) in [5.74, 6) is -0.962. The number of aliphatic hydroxyl groups is 1. The molecule has 6 nitrogen and oxygen atoms in total. The van der Waals surface area contributed by atoms with Crippen LogP contribution >= 0.6 is 11.3 Å². The summed E-state index contributed by atoms with van der Waals surface area (Å²) < 4.78 is 47.8. The van der Waals surface area contributed by atoms with Gasteiger partial charge in [0.25, 0.3) is 5.72 Å². The van der Waals surface area contributed by atoms with Crippen LogP contribution in [0.3, 0.4) is 0 Å². The van der Waals surface area contributed by atoms with Crippen LogP contribution in [0.4, 0.5) is 18.3 Å². The van der Waals surface area contributed by atoms with Crippen molar-refractivity contribution in [3.05, 3.63) is 59.7 Å². The summed E-state index contributed by atoms with van der Waals surface area (Å²) in [6.07, 6.45) is -1.85. The lowest BCUT2D eigenvalue weighted by molar-refractivity contribution is -0.270. The maximum absolute atomic E-state index is 14.1. The second-order valence-electron chi connectivity index (χ2n) is 6.63. The average Bonchev–Trinajstić information content (AvgIpc) is 3.32. The van der Waals surface area contributed by atoms with Crippen LogP contribution in [0.25, 0.3) is 11.3 Å². The van der Waals surface area contributed by atoms with Gasteiger partial charge in [-0.15, -0.1) is 11.3 Å². The quantitative estimate of drug-likeness (QED) is 0.688. The second kappa shape index (κ2) is 6.26. The molecule has 2 aromatic heterocycles. The molecule has 2 aliphatic rings. The van der Waals surface area contributed by atoms with E-state index in [1.807, 2.05) is 0 Å². The fourth-order valence-corrected chi connectivity index (χ4v) is 4.37. The van der Waals surface area contributed by atoms with E-state index in [1.54, 1.807) is 54.2 Å². The van der Waals surface area contributed by atoms with Crippen molar-refractivity contribution < 1.29 is 23.0 Å². The van der Waals surface area contributed by atoms with Gasteiger partial charge >= 0.3 is 6.18 Å². The van der Waals surface area contributed by atoms with E-state index in [0.717, 1.165) is 11.3 Å². The number of hydrogen-bond donors (Lipinski definition) is 1. The Morgan fingerprint density at radius 1 is 1.17 bits per heavy atom. The molecule has 0 saturated carbocycles. The van der Waals surface area contributed by atoms with Crippen molar-refractivity contribution in [2.75, 3.05) is 11.6 Å². The van der Waals surface area contributed by atoms with Crippen molar-refractivity contribution in [1.29, 1.82) is 0 Å². The van der Waals surface area contributed by atoms with Crippen LogP contribution in [0.2, 0.25) is 0 Å². The molecule has 4 heterocycles. The SMILES string of the molecule is O[C@]1(C(F)(F)F)[C@@H]2COc3ccccc3C2=NN1c1nc(-c2ccncc2)cs1. The molecule has 0 spiro atoms. The van der Waals surface area contributed by atoms with Gasteiger partial charge in [0.1, 0.15) is 12.4 Å². The number of anilines is 1. The number of alkyl halides is 3. The summed E-state index contributed by atoms with van der Waals surface area (Å²) in [4.78, 5) is 8.22. The molecular weight excluding hydrogens is 405 g/mol. The largest absolute Gasteiger partial charge is 0.492 e. The van der Waals surface area contributed by atoms with Crippen LogP contribution in [0.5, 0.6) is 5.75 Å². The molecule has 3 aromatic rings. The number of thiazole rings is 1. The van der Waals surface area contributed by atoms with Gasteiger partial charge in [0.15, 0.2) is 0 Å². The number of para-hydroxylation sites is 1. The Labute approximate surface area is 166 Å². The number of rotatable bonds is 2. The van der Waals surface area contributed by atoms with Gasteiger partial charge in [-0.3, -0.25) is 4.98 Å². The zero-order valence-electron chi connectivity index (χ0n) is 14.7. The molecule has 0 amide bonds. The first-order valence-electron chi connectivity index (χ1n) is 8.65. The van der Waals surface area contributed by atoms with Crippen molar-refractivity contribution in [2.45, 2.75) is 11.9 Å². The number of hydrazone groups is 1. The number of halogens is 3. The van der Waals surface area contributed by atoms with E-state index in [-0.39, 0.29) is 17.5 Å². The van der Waals surface area contributed by atoms with Gasteiger partial charge in [-0.05, 0) is 24.3 Å². The molecular formula is C19H13F3N4O2S. The molecule has 10 heteroatoms. The molecule has 5 rings (SSSR count). The highest BCUT2D eigenvalue weighted by atomic mass is 32.1. The molecule has 2 aliphatic heterocycles. The van der Waals surface area contributed by atoms with E-state index in [2.05, 4.69) is 15.1 Å². The maximum atomic E-state index is 14.1. The minimum Gasteiger partial charge on any atom is -0.492 e. The lowest BCUT2D eigenvalue weighted by Crippen LogP contribution is -2.61. The zero-order chi connectivity index (χ0) is 20.2. The number of pyridine rings is 1. The second-order valence-corrected chi connectivity index (χ2v) is 7.47. The van der Waals surface area contributed by atoms with Crippen LogP contribution < -0.4 is 9.75 Å². The Morgan fingerprint density at radius 3 is 2.69 bits per heavy atom. The van der Waals surface area contributed by atoms with Crippen molar-refractivity contribution in [1.82, 2.24) is 9.97 Å². The zero-order valence-corrected chi connectivity index (χ0v) is 15.5. The molecule has 2 atom stereocenters. The average molecular weight is 418 g/mol. The summed E-state index contributed by atoms with van der Waals surface area (Å²) in [7, 11) is 0. The van der Waals surface area contributed by atoms with Crippen LogP contribution in [0.1, 0.15) is 5.56 Å². The Balaban J connectivity index is 1.63. The van der Waals surface area contributed by atoms with Gasteiger partial charge in [0.2, 0.25) is 5.13 Å². The van der Waals surface area contributed by atoms with Crippen LogP contribution in [-0.2, 0) is 0 Å². The van der Waals surface area contributed by atoms with Gasteiger partial charge in [0.05, 0.1) is 17.3 Å². The molecule has 0 unspecified atom stereocenters. The van der Waals surface area contributed by atoms with Crippen molar-refractivity contribution in [2.24, 2.45) is 11.0 Å². The minimum atomic E-state index is -4.99. The Morgan fingerprint density at radius 2 is 1.93 bits per heavy atom. The summed E-state index contributed by atoms with van der Waals surface area (Å²) in [6, 6.07) is 10.1.